The van der Waals surface area contributed by atoms with Gasteiger partial charge in [-0.3, -0.25) is 9.59 Å². The summed E-state index contributed by atoms with van der Waals surface area (Å²) in [5.41, 5.74) is 2.54. The fourth-order valence-corrected chi connectivity index (χ4v) is 4.07. The third-order valence-corrected chi connectivity index (χ3v) is 6.59. The second-order valence-corrected chi connectivity index (χ2v) is 11.5. The van der Waals surface area contributed by atoms with Crippen LogP contribution < -0.4 is 5.32 Å². The Hall–Kier alpha value is -3.62. The average Bonchev–Trinajstić information content (AvgIpc) is 2.99. The number of aliphatic hydroxyl groups excluding tert-OH is 2. The van der Waals surface area contributed by atoms with Crippen LogP contribution >= 0.6 is 0 Å². The normalized spacial score (nSPS) is 11.3. The van der Waals surface area contributed by atoms with Gasteiger partial charge >= 0.3 is 5.97 Å². The summed E-state index contributed by atoms with van der Waals surface area (Å²) >= 11 is 0. The average molecular weight is 612 g/mol. The smallest absolute Gasteiger partial charge is 0.306 e. The molecule has 8 nitrogen and oxygen atoms in total. The zero-order valence-electron chi connectivity index (χ0n) is 26.9. The molecule has 0 aromatic heterocycles. The second-order valence-electron chi connectivity index (χ2n) is 11.5. The van der Waals surface area contributed by atoms with Gasteiger partial charge in [-0.25, -0.2) is 0 Å². The Balaban J connectivity index is 0.000000440. The van der Waals surface area contributed by atoms with Gasteiger partial charge in [0, 0.05) is 30.5 Å². The van der Waals surface area contributed by atoms with Crippen LogP contribution in [0.1, 0.15) is 101 Å². The predicted molar refractivity (Wildman–Crippen MR) is 175 cm³/mol. The number of carbonyl (C=O) groups is 2. The molecule has 2 aromatic rings. The molecule has 0 unspecified atom stereocenters. The number of rotatable bonds is 18. The minimum Gasteiger partial charge on any atom is -0.508 e. The molecule has 0 aliphatic rings. The summed E-state index contributed by atoms with van der Waals surface area (Å²) in [4.78, 5) is 23.4. The molecule has 44 heavy (non-hydrogen) atoms. The largest absolute Gasteiger partial charge is 0.508 e. The molecular formula is C36H53NO7. The Kier molecular flexibility index (Phi) is 19.9. The van der Waals surface area contributed by atoms with Gasteiger partial charge in [0.1, 0.15) is 18.1 Å². The number of amides is 1. The number of phenols is 2. The number of allylic oxidation sites excluding steroid dienone is 4. The molecule has 0 atom stereocenters. The highest BCUT2D eigenvalue weighted by molar-refractivity contribution is 5.75. The molecule has 0 radical (unpaired) electrons. The number of unbranched alkanes of at least 4 members (excludes halogenated alkanes) is 4. The highest BCUT2D eigenvalue weighted by Crippen LogP contribution is 2.20. The van der Waals surface area contributed by atoms with Gasteiger partial charge in [0.15, 0.2) is 0 Å². The first kappa shape index (κ1) is 38.4. The van der Waals surface area contributed by atoms with Crippen LogP contribution in [0.4, 0.5) is 0 Å². The zero-order chi connectivity index (χ0) is 32.7. The van der Waals surface area contributed by atoms with Gasteiger partial charge < -0.3 is 30.5 Å². The quantitative estimate of drug-likeness (QED) is 0.0697. The molecule has 0 spiro atoms. The molecule has 0 fully saturated rings. The lowest BCUT2D eigenvalue weighted by Crippen LogP contribution is -2.22. The third-order valence-electron chi connectivity index (χ3n) is 6.59. The van der Waals surface area contributed by atoms with Crippen molar-refractivity contribution in [1.29, 1.82) is 0 Å². The molecule has 0 saturated carbocycles. The summed E-state index contributed by atoms with van der Waals surface area (Å²) in [6, 6.07) is 9.79. The Morgan fingerprint density at radius 1 is 0.750 bits per heavy atom. The van der Waals surface area contributed by atoms with Crippen molar-refractivity contribution < 1.29 is 34.8 Å². The van der Waals surface area contributed by atoms with Crippen LogP contribution in [0.3, 0.4) is 0 Å². The molecule has 244 valence electrons. The van der Waals surface area contributed by atoms with E-state index in [9.17, 15) is 19.8 Å². The van der Waals surface area contributed by atoms with E-state index in [0.29, 0.717) is 42.3 Å². The Labute approximate surface area is 263 Å². The fraction of sp³-hybridized carbons (Fsp3) is 0.500. The van der Waals surface area contributed by atoms with E-state index < -0.39 is 0 Å². The van der Waals surface area contributed by atoms with Crippen molar-refractivity contribution in [2.75, 3.05) is 0 Å². The zero-order valence-corrected chi connectivity index (χ0v) is 26.9. The van der Waals surface area contributed by atoms with E-state index >= 15 is 0 Å². The highest BCUT2D eigenvalue weighted by atomic mass is 16.5. The summed E-state index contributed by atoms with van der Waals surface area (Å²) < 4.78 is 5.19. The number of nitrogens with one attached hydrogen (secondary N) is 1. The topological polar surface area (TPSA) is 136 Å². The van der Waals surface area contributed by atoms with Crippen molar-refractivity contribution in [3.05, 3.63) is 83.0 Å². The van der Waals surface area contributed by atoms with E-state index in [-0.39, 0.29) is 43.2 Å². The Bertz CT molecular complexity index is 1080. The van der Waals surface area contributed by atoms with Gasteiger partial charge in [-0.2, -0.15) is 0 Å². The van der Waals surface area contributed by atoms with Gasteiger partial charge in [0.2, 0.25) is 5.91 Å². The molecule has 0 bridgehead atoms. The maximum Gasteiger partial charge on any atom is 0.306 e. The first-order valence-corrected chi connectivity index (χ1v) is 15.6. The summed E-state index contributed by atoms with van der Waals surface area (Å²) in [5.74, 6) is 1.09. The molecular weight excluding hydrogens is 558 g/mol. The number of hydrogen-bond acceptors (Lipinski definition) is 7. The van der Waals surface area contributed by atoms with Crippen LogP contribution in [0.5, 0.6) is 11.5 Å². The Morgan fingerprint density at radius 2 is 1.25 bits per heavy atom. The van der Waals surface area contributed by atoms with Crippen LogP contribution in [-0.4, -0.2) is 32.3 Å². The maximum atomic E-state index is 11.8. The number of benzene rings is 2. The second kappa shape index (κ2) is 22.9. The first-order valence-electron chi connectivity index (χ1n) is 15.6. The minimum atomic E-state index is -0.239. The van der Waals surface area contributed by atoms with E-state index in [1.807, 2.05) is 0 Å². The fourth-order valence-electron chi connectivity index (χ4n) is 4.07. The molecule has 1 amide bonds. The molecule has 8 heteroatoms. The minimum absolute atomic E-state index is 0.0338. The van der Waals surface area contributed by atoms with Crippen molar-refractivity contribution in [2.45, 2.75) is 105 Å². The lowest BCUT2D eigenvalue weighted by Gasteiger charge is -2.07. The van der Waals surface area contributed by atoms with Gasteiger partial charge in [-0.05, 0) is 85.8 Å². The standard InChI is InChI=1S/C18H27NO3.C18H26O4/c1-14(2)7-5-3-4-6-8-18(22)19-12-15-9-10-17(21)16(11-15)13-20;1-14(2)7-5-3-4-6-8-18(21)22-13-15-9-10-17(20)16(11-15)12-19/h5,7,9-11,14,20-21H,3-4,6,8,12-13H2,1-2H3,(H,19,22);5,7,9-11,14,19-20H,3-4,6,8,12-13H2,1-2H3/b2*7-5+. The molecule has 2 aromatic carbocycles. The van der Waals surface area contributed by atoms with Gasteiger partial charge in [0.25, 0.3) is 0 Å². The Morgan fingerprint density at radius 3 is 1.77 bits per heavy atom. The van der Waals surface area contributed by atoms with Gasteiger partial charge in [-0.1, -0.05) is 64.1 Å². The number of ether oxygens (including phenoxy) is 1. The molecule has 0 saturated heterocycles. The lowest BCUT2D eigenvalue weighted by molar-refractivity contribution is -0.145. The number of aliphatic hydroxyl groups is 2. The van der Waals surface area contributed by atoms with Crippen molar-refractivity contribution in [2.24, 2.45) is 11.8 Å². The van der Waals surface area contributed by atoms with Crippen LogP contribution in [0.2, 0.25) is 0 Å². The number of esters is 1. The van der Waals surface area contributed by atoms with Crippen LogP contribution in [0.15, 0.2) is 60.7 Å². The predicted octanol–water partition coefficient (Wildman–Crippen LogP) is 6.97. The molecule has 5 N–H and O–H groups in total. The van der Waals surface area contributed by atoms with E-state index in [2.05, 4.69) is 57.3 Å². The number of carbonyl (C=O) groups excluding carboxylic acids is 2. The molecule has 0 heterocycles. The van der Waals surface area contributed by atoms with E-state index in [0.717, 1.165) is 49.7 Å². The van der Waals surface area contributed by atoms with Crippen molar-refractivity contribution in [1.82, 2.24) is 5.32 Å². The van der Waals surface area contributed by atoms with E-state index in [1.165, 1.54) is 12.1 Å². The summed E-state index contributed by atoms with van der Waals surface area (Å²) in [7, 11) is 0. The molecule has 2 rings (SSSR count). The lowest BCUT2D eigenvalue weighted by atomic mass is 10.1. The van der Waals surface area contributed by atoms with Crippen molar-refractivity contribution in [3.8, 4) is 11.5 Å². The highest BCUT2D eigenvalue weighted by Gasteiger charge is 2.07. The van der Waals surface area contributed by atoms with E-state index in [4.69, 9.17) is 14.9 Å². The van der Waals surface area contributed by atoms with Crippen LogP contribution in [0.25, 0.3) is 0 Å². The summed E-state index contributed by atoms with van der Waals surface area (Å²) in [6.45, 7) is 8.71. The van der Waals surface area contributed by atoms with Crippen molar-refractivity contribution in [3.63, 3.8) is 0 Å². The monoisotopic (exact) mass is 611 g/mol. The number of hydrogen-bond donors (Lipinski definition) is 5. The first-order chi connectivity index (χ1) is 21.0. The van der Waals surface area contributed by atoms with Gasteiger partial charge in [0.05, 0.1) is 13.2 Å². The molecule has 0 aliphatic heterocycles. The van der Waals surface area contributed by atoms with Crippen LogP contribution in [0, 0.1) is 11.8 Å². The van der Waals surface area contributed by atoms with Gasteiger partial charge in [-0.15, -0.1) is 0 Å². The SMILES string of the molecule is CC(C)/C=C/CCCCC(=O)NCc1ccc(O)c(CO)c1.CC(C)/C=C/CCCCC(=O)OCc1ccc(O)c(CO)c1. The summed E-state index contributed by atoms with van der Waals surface area (Å²) in [5, 5.41) is 40.0. The maximum absolute atomic E-state index is 11.8. The van der Waals surface area contributed by atoms with Crippen molar-refractivity contribution >= 4 is 11.9 Å². The van der Waals surface area contributed by atoms with E-state index in [1.54, 1.807) is 24.3 Å². The third kappa shape index (κ3) is 18.1. The molecule has 0 aliphatic carbocycles. The number of aromatic hydroxyl groups is 2. The summed E-state index contributed by atoms with van der Waals surface area (Å²) in [6.07, 6.45) is 15.3. The van der Waals surface area contributed by atoms with Crippen LogP contribution in [-0.2, 0) is 40.7 Å².